The van der Waals surface area contributed by atoms with Crippen LogP contribution in [0.2, 0.25) is 0 Å². The smallest absolute Gasteiger partial charge is 0.191 e. The zero-order valence-electron chi connectivity index (χ0n) is 19.1. The van der Waals surface area contributed by atoms with Crippen LogP contribution >= 0.6 is 24.0 Å². The van der Waals surface area contributed by atoms with Crippen molar-refractivity contribution in [3.8, 4) is 0 Å². The number of halogens is 1. The maximum Gasteiger partial charge on any atom is 0.191 e. The molecule has 0 saturated carbocycles. The van der Waals surface area contributed by atoms with E-state index in [-0.39, 0.29) is 24.0 Å². The Kier molecular flexibility index (Phi) is 10.3. The van der Waals surface area contributed by atoms with E-state index in [0.29, 0.717) is 6.54 Å². The highest BCUT2D eigenvalue weighted by molar-refractivity contribution is 14.0. The van der Waals surface area contributed by atoms with E-state index < -0.39 is 0 Å². The highest BCUT2D eigenvalue weighted by atomic mass is 127. The van der Waals surface area contributed by atoms with Gasteiger partial charge in [-0.15, -0.1) is 24.0 Å². The van der Waals surface area contributed by atoms with Crippen molar-refractivity contribution in [2.75, 3.05) is 27.2 Å². The Labute approximate surface area is 203 Å². The van der Waals surface area contributed by atoms with Crippen molar-refractivity contribution in [3.05, 3.63) is 65.5 Å². The second-order valence-corrected chi connectivity index (χ2v) is 7.83. The number of imidazole rings is 1. The van der Waals surface area contributed by atoms with Gasteiger partial charge in [-0.1, -0.05) is 36.4 Å². The minimum atomic E-state index is 0. The maximum atomic E-state index is 4.74. The average Bonchev–Trinajstić information content (AvgIpc) is 3.05. The largest absolute Gasteiger partial charge is 0.357 e. The Balaban J connectivity index is 0.00000341. The van der Waals surface area contributed by atoms with E-state index in [4.69, 9.17) is 4.99 Å². The number of hydrogen-bond acceptors (Lipinski definition) is 3. The summed E-state index contributed by atoms with van der Waals surface area (Å²) in [6.07, 6.45) is 1.00. The third-order valence-corrected chi connectivity index (χ3v) is 4.98. The van der Waals surface area contributed by atoms with Crippen molar-refractivity contribution in [3.63, 3.8) is 0 Å². The van der Waals surface area contributed by atoms with Crippen LogP contribution in [0.15, 0.2) is 53.5 Å². The van der Waals surface area contributed by atoms with Crippen molar-refractivity contribution in [1.29, 1.82) is 0 Å². The molecule has 0 aliphatic rings. The molecular formula is C24H35IN6. The first kappa shape index (κ1) is 25.1. The van der Waals surface area contributed by atoms with Gasteiger partial charge in [0, 0.05) is 26.2 Å². The van der Waals surface area contributed by atoms with E-state index in [9.17, 15) is 0 Å². The molecule has 3 aromatic rings. The molecule has 31 heavy (non-hydrogen) atoms. The fourth-order valence-corrected chi connectivity index (χ4v) is 3.55. The van der Waals surface area contributed by atoms with Gasteiger partial charge < -0.3 is 20.1 Å². The number of fused-ring (bicyclic) bond motifs is 1. The molecule has 1 heterocycles. The van der Waals surface area contributed by atoms with Gasteiger partial charge in [0.1, 0.15) is 5.82 Å². The molecule has 6 nitrogen and oxygen atoms in total. The van der Waals surface area contributed by atoms with Crippen LogP contribution in [0.1, 0.15) is 30.3 Å². The lowest BCUT2D eigenvalue weighted by atomic mass is 10.1. The lowest BCUT2D eigenvalue weighted by molar-refractivity contribution is 0.402. The quantitative estimate of drug-likeness (QED) is 0.187. The molecule has 0 atom stereocenters. The van der Waals surface area contributed by atoms with E-state index in [1.54, 1.807) is 0 Å². The molecule has 0 unspecified atom stereocenters. The van der Waals surface area contributed by atoms with E-state index in [0.717, 1.165) is 49.9 Å². The van der Waals surface area contributed by atoms with Crippen molar-refractivity contribution in [2.24, 2.45) is 4.99 Å². The summed E-state index contributed by atoms with van der Waals surface area (Å²) in [5, 5.41) is 6.79. The Hall–Kier alpha value is -2.13. The first-order valence-electron chi connectivity index (χ1n) is 10.7. The predicted octanol–water partition coefficient (Wildman–Crippen LogP) is 4.17. The first-order valence-corrected chi connectivity index (χ1v) is 10.7. The molecule has 0 fully saturated rings. The van der Waals surface area contributed by atoms with Gasteiger partial charge in [-0.05, 0) is 57.6 Å². The van der Waals surface area contributed by atoms with E-state index in [1.807, 2.05) is 6.07 Å². The van der Waals surface area contributed by atoms with Crippen LogP contribution < -0.4 is 10.6 Å². The molecule has 7 heteroatoms. The van der Waals surface area contributed by atoms with Crippen molar-refractivity contribution in [2.45, 2.75) is 39.9 Å². The lowest BCUT2D eigenvalue weighted by Gasteiger charge is -2.13. The van der Waals surface area contributed by atoms with Crippen LogP contribution in [0.3, 0.4) is 0 Å². The molecule has 0 amide bonds. The number of nitrogens with one attached hydrogen (secondary N) is 2. The summed E-state index contributed by atoms with van der Waals surface area (Å²) in [6, 6.07) is 17.0. The number of aliphatic imine (C=N–C) groups is 1. The minimum absolute atomic E-state index is 0. The molecule has 168 valence electrons. The third kappa shape index (κ3) is 7.50. The topological polar surface area (TPSA) is 57.5 Å². The monoisotopic (exact) mass is 534 g/mol. The van der Waals surface area contributed by atoms with Crippen LogP contribution in [0.4, 0.5) is 0 Å². The SMILES string of the molecule is CCNC(=NCc1ccc(CN(C)C)cc1)NCCCn1c(C)nc2ccccc21.I. The van der Waals surface area contributed by atoms with E-state index in [2.05, 4.69) is 95.5 Å². The molecule has 2 N–H and O–H groups in total. The summed E-state index contributed by atoms with van der Waals surface area (Å²) in [4.78, 5) is 11.6. The Morgan fingerprint density at radius 1 is 1.03 bits per heavy atom. The summed E-state index contributed by atoms with van der Waals surface area (Å²) in [5.74, 6) is 1.93. The second kappa shape index (κ2) is 12.7. The standard InChI is InChI=1S/C24H34N6.HI/c1-5-25-24(27-17-20-11-13-21(14-12-20)18-29(3)4)26-15-8-16-30-19(2)28-22-9-6-7-10-23(22)30;/h6-7,9-14H,5,8,15-18H2,1-4H3,(H2,25,26,27);1H. The molecule has 0 spiro atoms. The number of hydrogen-bond donors (Lipinski definition) is 2. The second-order valence-electron chi connectivity index (χ2n) is 7.83. The van der Waals surface area contributed by atoms with Crippen LogP contribution in [-0.2, 0) is 19.6 Å². The third-order valence-electron chi connectivity index (χ3n) is 4.98. The zero-order chi connectivity index (χ0) is 21.3. The highest BCUT2D eigenvalue weighted by Gasteiger charge is 2.06. The van der Waals surface area contributed by atoms with Crippen LogP contribution in [0.25, 0.3) is 11.0 Å². The van der Waals surface area contributed by atoms with Crippen LogP contribution in [0.5, 0.6) is 0 Å². The van der Waals surface area contributed by atoms with Gasteiger partial charge in [0.05, 0.1) is 17.6 Å². The first-order chi connectivity index (χ1) is 14.6. The Bertz CT molecular complexity index is 962. The number of nitrogens with zero attached hydrogens (tertiary/aromatic N) is 4. The number of aromatic nitrogens is 2. The van der Waals surface area contributed by atoms with E-state index in [1.165, 1.54) is 16.6 Å². The van der Waals surface area contributed by atoms with Gasteiger partial charge in [-0.25, -0.2) is 9.98 Å². The number of rotatable bonds is 9. The Morgan fingerprint density at radius 3 is 2.45 bits per heavy atom. The Morgan fingerprint density at radius 2 is 1.74 bits per heavy atom. The zero-order valence-corrected chi connectivity index (χ0v) is 21.4. The van der Waals surface area contributed by atoms with Crippen LogP contribution in [0, 0.1) is 6.92 Å². The molecule has 0 saturated heterocycles. The summed E-state index contributed by atoms with van der Waals surface area (Å²) in [7, 11) is 4.17. The van der Waals surface area contributed by atoms with Crippen molar-refractivity contribution in [1.82, 2.24) is 25.1 Å². The minimum Gasteiger partial charge on any atom is -0.357 e. The average molecular weight is 534 g/mol. The van der Waals surface area contributed by atoms with Crippen LogP contribution in [-0.4, -0.2) is 47.6 Å². The fourth-order valence-electron chi connectivity index (χ4n) is 3.55. The number of guanidine groups is 1. The van der Waals surface area contributed by atoms with Gasteiger partial charge in [0.25, 0.3) is 0 Å². The molecule has 0 bridgehead atoms. The van der Waals surface area contributed by atoms with Gasteiger partial charge in [0.15, 0.2) is 5.96 Å². The molecule has 1 aromatic heterocycles. The molecule has 0 radical (unpaired) electrons. The highest BCUT2D eigenvalue weighted by Crippen LogP contribution is 2.15. The number of benzene rings is 2. The summed E-state index contributed by atoms with van der Waals surface area (Å²) in [6.45, 7) is 8.43. The predicted molar refractivity (Wildman–Crippen MR) is 141 cm³/mol. The molecule has 3 rings (SSSR count). The number of para-hydroxylation sites is 2. The summed E-state index contributed by atoms with van der Waals surface area (Å²) >= 11 is 0. The van der Waals surface area contributed by atoms with Crippen molar-refractivity contribution >= 4 is 41.0 Å². The normalized spacial score (nSPS) is 11.6. The van der Waals surface area contributed by atoms with Gasteiger partial charge in [0.2, 0.25) is 0 Å². The molecule has 0 aliphatic heterocycles. The maximum absolute atomic E-state index is 4.74. The summed E-state index contributed by atoms with van der Waals surface area (Å²) < 4.78 is 2.29. The molecule has 0 aliphatic carbocycles. The van der Waals surface area contributed by atoms with Gasteiger partial charge in [-0.3, -0.25) is 0 Å². The summed E-state index contributed by atoms with van der Waals surface area (Å²) in [5.41, 5.74) is 4.80. The van der Waals surface area contributed by atoms with Gasteiger partial charge >= 0.3 is 0 Å². The van der Waals surface area contributed by atoms with Crippen molar-refractivity contribution < 1.29 is 0 Å². The van der Waals surface area contributed by atoms with Gasteiger partial charge in [-0.2, -0.15) is 0 Å². The molecule has 2 aromatic carbocycles. The lowest BCUT2D eigenvalue weighted by Crippen LogP contribution is -2.38. The fraction of sp³-hybridized carbons (Fsp3) is 0.417. The molecular weight excluding hydrogens is 499 g/mol. The van der Waals surface area contributed by atoms with E-state index >= 15 is 0 Å². The number of aryl methyl sites for hydroxylation is 2.